The summed E-state index contributed by atoms with van der Waals surface area (Å²) in [5.41, 5.74) is 0.381. The van der Waals surface area contributed by atoms with Crippen molar-refractivity contribution in [2.24, 2.45) is 0 Å². The molecule has 0 atom stereocenters. The Kier molecular flexibility index (Phi) is 6.79. The molecule has 28 heavy (non-hydrogen) atoms. The molecule has 0 bridgehead atoms. The Morgan fingerprint density at radius 2 is 1.86 bits per heavy atom. The molecular formula is C19H26N4O3S2. The van der Waals surface area contributed by atoms with Crippen molar-refractivity contribution in [1.82, 2.24) is 14.5 Å². The van der Waals surface area contributed by atoms with Gasteiger partial charge in [0.2, 0.25) is 15.2 Å². The summed E-state index contributed by atoms with van der Waals surface area (Å²) in [6.45, 7) is 2.06. The van der Waals surface area contributed by atoms with Crippen LogP contribution in [-0.4, -0.2) is 41.9 Å². The van der Waals surface area contributed by atoms with Crippen LogP contribution >= 0.6 is 11.3 Å². The van der Waals surface area contributed by atoms with Crippen LogP contribution in [0.5, 0.6) is 0 Å². The third kappa shape index (κ3) is 4.76. The summed E-state index contributed by atoms with van der Waals surface area (Å²) in [5.74, 6) is -0.330. The average Bonchev–Trinajstić information content (AvgIpc) is 3.15. The smallest absolute Gasteiger partial charge is 0.257 e. The first kappa shape index (κ1) is 20.9. The van der Waals surface area contributed by atoms with Gasteiger partial charge in [-0.3, -0.25) is 10.1 Å². The zero-order valence-electron chi connectivity index (χ0n) is 16.2. The van der Waals surface area contributed by atoms with E-state index < -0.39 is 10.0 Å². The summed E-state index contributed by atoms with van der Waals surface area (Å²) in [6, 6.07) is 6.10. The van der Waals surface area contributed by atoms with Crippen LogP contribution in [0.25, 0.3) is 0 Å². The molecule has 1 fully saturated rings. The quantitative estimate of drug-likeness (QED) is 0.734. The fraction of sp³-hybridized carbons (Fsp3) is 0.526. The number of anilines is 1. The second-order valence-electron chi connectivity index (χ2n) is 7.04. The minimum absolute atomic E-state index is 0.0523. The topological polar surface area (TPSA) is 92.3 Å². The Labute approximate surface area is 170 Å². The van der Waals surface area contributed by atoms with Gasteiger partial charge in [-0.1, -0.05) is 37.5 Å². The number of benzene rings is 1. The van der Waals surface area contributed by atoms with E-state index in [1.165, 1.54) is 46.3 Å². The van der Waals surface area contributed by atoms with Crippen LogP contribution in [0.2, 0.25) is 0 Å². The highest BCUT2D eigenvalue weighted by Gasteiger charge is 2.29. The van der Waals surface area contributed by atoms with Crippen molar-refractivity contribution in [2.75, 3.05) is 12.4 Å². The third-order valence-electron chi connectivity index (χ3n) is 5.03. The summed E-state index contributed by atoms with van der Waals surface area (Å²) in [6.07, 6.45) is 6.89. The second-order valence-corrected chi connectivity index (χ2v) is 10.1. The third-order valence-corrected chi connectivity index (χ3v) is 7.86. The van der Waals surface area contributed by atoms with Crippen LogP contribution in [0, 0.1) is 0 Å². The lowest BCUT2D eigenvalue weighted by molar-refractivity contribution is 0.102. The van der Waals surface area contributed by atoms with E-state index in [-0.39, 0.29) is 16.8 Å². The van der Waals surface area contributed by atoms with Crippen molar-refractivity contribution in [3.05, 3.63) is 34.8 Å². The van der Waals surface area contributed by atoms with Gasteiger partial charge in [0, 0.05) is 25.1 Å². The van der Waals surface area contributed by atoms with Crippen LogP contribution in [0.3, 0.4) is 0 Å². The van der Waals surface area contributed by atoms with Crippen LogP contribution in [-0.2, 0) is 16.4 Å². The number of amides is 1. The molecule has 1 aromatic heterocycles. The maximum Gasteiger partial charge on any atom is 0.257 e. The molecule has 1 aliphatic carbocycles. The Bertz CT molecular complexity index is 904. The van der Waals surface area contributed by atoms with Gasteiger partial charge in [0.25, 0.3) is 5.91 Å². The molecule has 2 aromatic rings. The monoisotopic (exact) mass is 422 g/mol. The first-order chi connectivity index (χ1) is 13.4. The number of rotatable bonds is 7. The Morgan fingerprint density at radius 1 is 1.18 bits per heavy atom. The summed E-state index contributed by atoms with van der Waals surface area (Å²) in [5, 5.41) is 12.0. The van der Waals surface area contributed by atoms with Crippen LogP contribution in [0.1, 0.15) is 60.8 Å². The van der Waals surface area contributed by atoms with Gasteiger partial charge in [-0.25, -0.2) is 8.42 Å². The van der Waals surface area contributed by atoms with E-state index >= 15 is 0 Å². The molecule has 1 N–H and O–H groups in total. The van der Waals surface area contributed by atoms with Crippen LogP contribution < -0.4 is 5.32 Å². The summed E-state index contributed by atoms with van der Waals surface area (Å²) in [7, 11) is -1.91. The zero-order chi connectivity index (χ0) is 20.1. The number of carbonyl (C=O) groups excluding carboxylic acids is 1. The second kappa shape index (κ2) is 9.11. The number of aromatic nitrogens is 2. The Balaban J connectivity index is 1.68. The average molecular weight is 423 g/mol. The van der Waals surface area contributed by atoms with Crippen molar-refractivity contribution >= 4 is 32.4 Å². The number of aryl methyl sites for hydroxylation is 1. The van der Waals surface area contributed by atoms with Gasteiger partial charge < -0.3 is 0 Å². The molecule has 1 aliphatic rings. The summed E-state index contributed by atoms with van der Waals surface area (Å²) >= 11 is 1.35. The van der Waals surface area contributed by atoms with Crippen molar-refractivity contribution < 1.29 is 13.2 Å². The predicted molar refractivity (Wildman–Crippen MR) is 110 cm³/mol. The lowest BCUT2D eigenvalue weighted by atomic mass is 9.96. The highest BCUT2D eigenvalue weighted by molar-refractivity contribution is 7.89. The van der Waals surface area contributed by atoms with Gasteiger partial charge in [-0.05, 0) is 43.5 Å². The molecule has 0 saturated heterocycles. The first-order valence-corrected chi connectivity index (χ1v) is 11.9. The Hall–Kier alpha value is -1.84. The molecule has 7 nitrogen and oxygen atoms in total. The minimum atomic E-state index is -3.56. The van der Waals surface area contributed by atoms with Crippen molar-refractivity contribution in [3.8, 4) is 0 Å². The molecule has 1 aromatic carbocycles. The van der Waals surface area contributed by atoms with Crippen molar-refractivity contribution in [3.63, 3.8) is 0 Å². The number of sulfonamides is 1. The molecule has 152 valence electrons. The molecule has 1 heterocycles. The van der Waals surface area contributed by atoms with E-state index in [0.717, 1.165) is 43.5 Å². The predicted octanol–water partition coefficient (Wildman–Crippen LogP) is 3.70. The van der Waals surface area contributed by atoms with E-state index in [9.17, 15) is 13.2 Å². The maximum atomic E-state index is 12.9. The lowest BCUT2D eigenvalue weighted by Crippen LogP contribution is -2.38. The van der Waals surface area contributed by atoms with E-state index in [4.69, 9.17) is 0 Å². The fourth-order valence-corrected chi connectivity index (χ4v) is 5.63. The van der Waals surface area contributed by atoms with Gasteiger partial charge in [0.1, 0.15) is 5.01 Å². The molecular weight excluding hydrogens is 396 g/mol. The van der Waals surface area contributed by atoms with Crippen LogP contribution in [0.4, 0.5) is 5.13 Å². The fourth-order valence-electron chi connectivity index (χ4n) is 3.37. The standard InChI is InChI=1S/C19H26N4O3S2/c1-3-7-17-21-22-19(27-17)20-18(24)14-10-12-16(13-11-14)28(25,26)23(2)15-8-5-4-6-9-15/h10-13,15H,3-9H2,1-2H3,(H,20,22,24). The highest BCUT2D eigenvalue weighted by Crippen LogP contribution is 2.26. The van der Waals surface area contributed by atoms with E-state index in [1.54, 1.807) is 7.05 Å². The van der Waals surface area contributed by atoms with Crippen molar-refractivity contribution in [1.29, 1.82) is 0 Å². The Morgan fingerprint density at radius 3 is 2.50 bits per heavy atom. The zero-order valence-corrected chi connectivity index (χ0v) is 17.9. The molecule has 3 rings (SSSR count). The van der Waals surface area contributed by atoms with Gasteiger partial charge in [0.15, 0.2) is 0 Å². The number of hydrogen-bond donors (Lipinski definition) is 1. The maximum absolute atomic E-state index is 12.9. The van der Waals surface area contributed by atoms with Crippen LogP contribution in [0.15, 0.2) is 29.2 Å². The number of nitrogens with one attached hydrogen (secondary N) is 1. The highest BCUT2D eigenvalue weighted by atomic mass is 32.2. The van der Waals surface area contributed by atoms with Gasteiger partial charge in [0.05, 0.1) is 4.90 Å². The normalized spacial score (nSPS) is 15.7. The number of carbonyl (C=O) groups is 1. The van der Waals surface area contributed by atoms with E-state index in [1.807, 2.05) is 0 Å². The molecule has 0 spiro atoms. The summed E-state index contributed by atoms with van der Waals surface area (Å²) in [4.78, 5) is 12.6. The minimum Gasteiger partial charge on any atom is -0.296 e. The largest absolute Gasteiger partial charge is 0.296 e. The van der Waals surface area contributed by atoms with E-state index in [0.29, 0.717) is 10.7 Å². The number of nitrogens with zero attached hydrogens (tertiary/aromatic N) is 3. The van der Waals surface area contributed by atoms with Gasteiger partial charge >= 0.3 is 0 Å². The van der Waals surface area contributed by atoms with Gasteiger partial charge in [-0.15, -0.1) is 10.2 Å². The molecule has 9 heteroatoms. The molecule has 0 radical (unpaired) electrons. The lowest BCUT2D eigenvalue weighted by Gasteiger charge is -2.30. The van der Waals surface area contributed by atoms with Gasteiger partial charge in [-0.2, -0.15) is 4.31 Å². The molecule has 0 aliphatic heterocycles. The SMILES string of the molecule is CCCc1nnc(NC(=O)c2ccc(S(=O)(=O)N(C)C3CCCCC3)cc2)s1. The number of hydrogen-bond acceptors (Lipinski definition) is 6. The summed E-state index contributed by atoms with van der Waals surface area (Å²) < 4.78 is 27.2. The molecule has 1 amide bonds. The first-order valence-electron chi connectivity index (χ1n) is 9.63. The van der Waals surface area contributed by atoms with Crippen molar-refractivity contribution in [2.45, 2.75) is 62.8 Å². The van der Waals surface area contributed by atoms with E-state index in [2.05, 4.69) is 22.4 Å². The molecule has 1 saturated carbocycles. The molecule has 0 unspecified atom stereocenters.